The van der Waals surface area contributed by atoms with Crippen LogP contribution in [0.2, 0.25) is 0 Å². The van der Waals surface area contributed by atoms with Crippen molar-refractivity contribution in [1.29, 1.82) is 0 Å². The lowest BCUT2D eigenvalue weighted by molar-refractivity contribution is -0.307. The smallest absolute Gasteiger partial charge is 0.229 e. The summed E-state index contributed by atoms with van der Waals surface area (Å²) in [6, 6.07) is 4.62. The van der Waals surface area contributed by atoms with Crippen LogP contribution in [-0.4, -0.2) is 113 Å². The highest BCUT2D eigenvalue weighted by Crippen LogP contribution is 2.33. The molecule has 2 heterocycles. The first-order valence-electron chi connectivity index (χ1n) is 9.62. The Morgan fingerprint density at radius 2 is 1.52 bits per heavy atom. The lowest BCUT2D eigenvalue weighted by Crippen LogP contribution is -2.61. The summed E-state index contributed by atoms with van der Waals surface area (Å²) < 4.78 is 32.0. The van der Waals surface area contributed by atoms with Gasteiger partial charge < -0.3 is 59.1 Å². The van der Waals surface area contributed by atoms with E-state index in [2.05, 4.69) is 0 Å². The van der Waals surface area contributed by atoms with Gasteiger partial charge in [0.25, 0.3) is 0 Å². The number of benzene rings is 1. The normalized spacial score (nSPS) is 38.5. The fourth-order valence-corrected chi connectivity index (χ4v) is 3.29. The van der Waals surface area contributed by atoms with Gasteiger partial charge in [0.15, 0.2) is 17.8 Å². The summed E-state index contributed by atoms with van der Waals surface area (Å²) in [5, 5.41) is 59.8. The zero-order chi connectivity index (χ0) is 22.7. The van der Waals surface area contributed by atoms with Crippen LogP contribution in [-0.2, 0) is 14.2 Å². The fourth-order valence-electron chi connectivity index (χ4n) is 3.29. The van der Waals surface area contributed by atoms with Crippen molar-refractivity contribution in [3.63, 3.8) is 0 Å². The van der Waals surface area contributed by atoms with Crippen LogP contribution < -0.4 is 14.2 Å². The summed E-state index contributed by atoms with van der Waals surface area (Å²) in [5.74, 6) is 1.07. The van der Waals surface area contributed by atoms with Crippen molar-refractivity contribution in [3.8, 4) is 17.2 Å². The van der Waals surface area contributed by atoms with Crippen molar-refractivity contribution in [2.24, 2.45) is 0 Å². The van der Waals surface area contributed by atoms with E-state index in [4.69, 9.17) is 28.4 Å². The molecule has 2 aliphatic heterocycles. The molecule has 0 unspecified atom stereocenters. The van der Waals surface area contributed by atoms with E-state index in [0.29, 0.717) is 11.5 Å². The Morgan fingerprint density at radius 1 is 0.839 bits per heavy atom. The first kappa shape index (κ1) is 23.9. The molecule has 3 rings (SSSR count). The Kier molecular flexibility index (Phi) is 7.91. The lowest BCUT2D eigenvalue weighted by Gasteiger charge is -2.41. The monoisotopic (exact) mass is 448 g/mol. The van der Waals surface area contributed by atoms with Crippen LogP contribution in [0.1, 0.15) is 0 Å². The summed E-state index contributed by atoms with van der Waals surface area (Å²) >= 11 is 0. The lowest BCUT2D eigenvalue weighted by atomic mass is 9.99. The third-order valence-corrected chi connectivity index (χ3v) is 5.15. The third-order valence-electron chi connectivity index (χ3n) is 5.15. The molecule has 0 amide bonds. The van der Waals surface area contributed by atoms with Gasteiger partial charge in [-0.1, -0.05) is 0 Å². The standard InChI is InChI=1S/C19H28O12/c1-26-10-4-3-8(5-11(10)27-2)30-19-17(25)15(23)14(22)12(31-19)7-29-18-16(24)13(21)9(20)6-28-18/h3-5,9,12-25H,6-7H2,1-2H3/t9-,12-,13-,14-,15-,16+,17+,18-,19-/m1/s1. The molecule has 0 aliphatic carbocycles. The molecule has 2 saturated heterocycles. The van der Waals surface area contributed by atoms with Crippen LogP contribution >= 0.6 is 0 Å². The van der Waals surface area contributed by atoms with E-state index < -0.39 is 55.3 Å². The van der Waals surface area contributed by atoms with E-state index in [1.807, 2.05) is 0 Å². The van der Waals surface area contributed by atoms with Gasteiger partial charge in [0.05, 0.1) is 27.4 Å². The average Bonchev–Trinajstić information content (AvgIpc) is 2.78. The van der Waals surface area contributed by atoms with Crippen molar-refractivity contribution in [2.75, 3.05) is 27.4 Å². The first-order chi connectivity index (χ1) is 14.8. The second-order valence-corrected chi connectivity index (χ2v) is 7.23. The topological polar surface area (TPSA) is 177 Å². The molecule has 12 nitrogen and oxygen atoms in total. The van der Waals surface area contributed by atoms with Crippen molar-refractivity contribution in [3.05, 3.63) is 18.2 Å². The van der Waals surface area contributed by atoms with Crippen molar-refractivity contribution in [1.82, 2.24) is 0 Å². The highest BCUT2D eigenvalue weighted by atomic mass is 16.7. The second kappa shape index (κ2) is 10.3. The van der Waals surface area contributed by atoms with E-state index >= 15 is 0 Å². The van der Waals surface area contributed by atoms with Gasteiger partial charge in [0, 0.05) is 6.07 Å². The van der Waals surface area contributed by atoms with Crippen LogP contribution in [0.3, 0.4) is 0 Å². The van der Waals surface area contributed by atoms with Crippen LogP contribution in [0.4, 0.5) is 0 Å². The summed E-state index contributed by atoms with van der Waals surface area (Å²) in [6.45, 7) is -0.634. The minimum Gasteiger partial charge on any atom is -0.493 e. The Hall–Kier alpha value is -1.74. The third kappa shape index (κ3) is 5.19. The zero-order valence-corrected chi connectivity index (χ0v) is 17.0. The van der Waals surface area contributed by atoms with Gasteiger partial charge >= 0.3 is 0 Å². The number of hydrogen-bond donors (Lipinski definition) is 6. The first-order valence-corrected chi connectivity index (χ1v) is 9.62. The number of ether oxygens (including phenoxy) is 6. The molecule has 0 bridgehead atoms. The van der Waals surface area contributed by atoms with Gasteiger partial charge in [-0.25, -0.2) is 0 Å². The fraction of sp³-hybridized carbons (Fsp3) is 0.684. The minimum absolute atomic E-state index is 0.244. The Morgan fingerprint density at radius 3 is 2.19 bits per heavy atom. The van der Waals surface area contributed by atoms with Gasteiger partial charge in [-0.2, -0.15) is 0 Å². The summed E-state index contributed by atoms with van der Waals surface area (Å²) in [5.41, 5.74) is 0. The number of methoxy groups -OCH3 is 2. The maximum absolute atomic E-state index is 10.3. The van der Waals surface area contributed by atoms with E-state index in [9.17, 15) is 30.6 Å². The molecular formula is C19H28O12. The van der Waals surface area contributed by atoms with Crippen LogP contribution in [0.25, 0.3) is 0 Å². The summed E-state index contributed by atoms with van der Waals surface area (Å²) in [4.78, 5) is 0. The average molecular weight is 448 g/mol. The van der Waals surface area contributed by atoms with Gasteiger partial charge in [-0.3, -0.25) is 0 Å². The van der Waals surface area contributed by atoms with Crippen molar-refractivity contribution >= 4 is 0 Å². The van der Waals surface area contributed by atoms with Gasteiger partial charge in [0.2, 0.25) is 6.29 Å². The molecule has 6 N–H and O–H groups in total. The van der Waals surface area contributed by atoms with Gasteiger partial charge in [0.1, 0.15) is 48.5 Å². The van der Waals surface area contributed by atoms with Gasteiger partial charge in [-0.05, 0) is 12.1 Å². The summed E-state index contributed by atoms with van der Waals surface area (Å²) in [7, 11) is 2.92. The number of rotatable bonds is 7. The van der Waals surface area contributed by atoms with Crippen molar-refractivity contribution < 1.29 is 59.1 Å². The Labute approximate surface area is 178 Å². The number of aliphatic hydroxyl groups excluding tert-OH is 6. The van der Waals surface area contributed by atoms with Gasteiger partial charge in [-0.15, -0.1) is 0 Å². The SMILES string of the molecule is COc1ccc(O[C@@H]2O[C@H](CO[C@H]3OC[C@@H](O)[C@@H](O)[C@@H]3O)[C@@H](O)[C@@H](O)[C@@H]2O)cc1OC. The molecule has 0 radical (unpaired) electrons. The Bertz CT molecular complexity index is 717. The molecule has 9 atom stereocenters. The molecule has 31 heavy (non-hydrogen) atoms. The quantitative estimate of drug-likeness (QED) is 0.256. The molecule has 1 aromatic rings. The molecule has 2 fully saturated rings. The predicted molar refractivity (Wildman–Crippen MR) is 101 cm³/mol. The number of hydrogen-bond acceptors (Lipinski definition) is 12. The van der Waals surface area contributed by atoms with Crippen LogP contribution in [0, 0.1) is 0 Å². The molecule has 176 valence electrons. The largest absolute Gasteiger partial charge is 0.493 e. The zero-order valence-electron chi connectivity index (χ0n) is 17.0. The Balaban J connectivity index is 1.65. The second-order valence-electron chi connectivity index (χ2n) is 7.23. The van der Waals surface area contributed by atoms with E-state index in [1.165, 1.54) is 20.3 Å². The van der Waals surface area contributed by atoms with E-state index in [1.54, 1.807) is 12.1 Å². The molecule has 2 aliphatic rings. The summed E-state index contributed by atoms with van der Waals surface area (Å²) in [6.07, 6.45) is -12.8. The molecule has 1 aromatic carbocycles. The van der Waals surface area contributed by atoms with Crippen LogP contribution in [0.5, 0.6) is 17.2 Å². The maximum atomic E-state index is 10.3. The van der Waals surface area contributed by atoms with Crippen molar-refractivity contribution in [2.45, 2.75) is 55.3 Å². The maximum Gasteiger partial charge on any atom is 0.229 e. The predicted octanol–water partition coefficient (Wildman–Crippen LogP) is -2.65. The molecule has 12 heteroatoms. The molecule has 0 aromatic heterocycles. The molecule has 0 spiro atoms. The minimum atomic E-state index is -1.61. The molecule has 0 saturated carbocycles. The van der Waals surface area contributed by atoms with Crippen LogP contribution in [0.15, 0.2) is 18.2 Å². The van der Waals surface area contributed by atoms with E-state index in [-0.39, 0.29) is 19.0 Å². The highest BCUT2D eigenvalue weighted by Gasteiger charge is 2.46. The van der Waals surface area contributed by atoms with E-state index in [0.717, 1.165) is 0 Å². The highest BCUT2D eigenvalue weighted by molar-refractivity contribution is 5.45. The molecular weight excluding hydrogens is 420 g/mol. The number of aliphatic hydroxyl groups is 6.